The van der Waals surface area contributed by atoms with Gasteiger partial charge in [-0.2, -0.15) is 5.26 Å². The van der Waals surface area contributed by atoms with E-state index >= 15 is 0 Å². The number of amides is 1. The van der Waals surface area contributed by atoms with E-state index in [0.29, 0.717) is 33.9 Å². The molecule has 0 aliphatic carbocycles. The lowest BCUT2D eigenvalue weighted by molar-refractivity contribution is -0.116. The molecule has 7 heteroatoms. The minimum absolute atomic E-state index is 0.0643. The highest BCUT2D eigenvalue weighted by atomic mass is 32.2. The Kier molecular flexibility index (Phi) is 6.57. The van der Waals surface area contributed by atoms with Crippen LogP contribution >= 0.6 is 11.8 Å². The van der Waals surface area contributed by atoms with Gasteiger partial charge in [-0.3, -0.25) is 14.2 Å². The van der Waals surface area contributed by atoms with E-state index in [0.717, 1.165) is 11.3 Å². The number of nitriles is 1. The Hall–Kier alpha value is -3.89. The molecule has 3 aromatic carbocycles. The van der Waals surface area contributed by atoms with Gasteiger partial charge in [-0.25, -0.2) is 4.98 Å². The molecule has 1 amide bonds. The number of benzene rings is 3. The summed E-state index contributed by atoms with van der Waals surface area (Å²) < 4.78 is 1.51. The van der Waals surface area contributed by atoms with Crippen molar-refractivity contribution >= 4 is 34.3 Å². The van der Waals surface area contributed by atoms with Crippen molar-refractivity contribution in [3.8, 4) is 11.8 Å². The number of aromatic nitrogens is 2. The number of hydrogen-bond acceptors (Lipinski definition) is 5. The lowest BCUT2D eigenvalue weighted by Gasteiger charge is -2.23. The summed E-state index contributed by atoms with van der Waals surface area (Å²) in [4.78, 5) is 32.9. The van der Waals surface area contributed by atoms with Gasteiger partial charge in [-0.05, 0) is 61.9 Å². The number of rotatable bonds is 6. The summed E-state index contributed by atoms with van der Waals surface area (Å²) in [6.45, 7) is 4.46. The number of thioether (sulfide) groups is 1. The van der Waals surface area contributed by atoms with E-state index in [9.17, 15) is 9.59 Å². The maximum absolute atomic E-state index is 13.4. The monoisotopic (exact) mass is 454 g/mol. The van der Waals surface area contributed by atoms with Crippen LogP contribution < -0.4 is 10.5 Å². The van der Waals surface area contributed by atoms with E-state index in [-0.39, 0.29) is 17.2 Å². The van der Waals surface area contributed by atoms with Crippen molar-refractivity contribution < 1.29 is 4.79 Å². The fraction of sp³-hybridized carbons (Fsp3) is 0.154. The van der Waals surface area contributed by atoms with Crippen LogP contribution in [0.3, 0.4) is 0 Å². The summed E-state index contributed by atoms with van der Waals surface area (Å²) in [6, 6.07) is 23.8. The van der Waals surface area contributed by atoms with Crippen LogP contribution in [0.25, 0.3) is 16.6 Å². The molecule has 6 nitrogen and oxygen atoms in total. The van der Waals surface area contributed by atoms with E-state index in [4.69, 9.17) is 10.2 Å². The lowest BCUT2D eigenvalue weighted by atomic mass is 10.2. The largest absolute Gasteiger partial charge is 0.312 e. The Labute approximate surface area is 196 Å². The van der Waals surface area contributed by atoms with Gasteiger partial charge >= 0.3 is 0 Å². The fourth-order valence-corrected chi connectivity index (χ4v) is 4.56. The topological polar surface area (TPSA) is 79.0 Å². The zero-order valence-corrected chi connectivity index (χ0v) is 19.2. The molecule has 0 N–H and O–H groups in total. The van der Waals surface area contributed by atoms with Crippen molar-refractivity contribution in [1.82, 2.24) is 9.55 Å². The van der Waals surface area contributed by atoms with Crippen LogP contribution in [0.15, 0.2) is 82.7 Å². The van der Waals surface area contributed by atoms with Crippen LogP contribution in [0.4, 0.5) is 5.69 Å². The number of para-hydroxylation sites is 2. The molecule has 0 aliphatic heterocycles. The highest BCUT2D eigenvalue weighted by Crippen LogP contribution is 2.24. The summed E-state index contributed by atoms with van der Waals surface area (Å²) in [7, 11) is 0. The number of carbonyl (C=O) groups is 1. The molecule has 0 atom stereocenters. The van der Waals surface area contributed by atoms with E-state index in [1.165, 1.54) is 16.3 Å². The van der Waals surface area contributed by atoms with Gasteiger partial charge in [-0.15, -0.1) is 0 Å². The first-order chi connectivity index (χ1) is 16.0. The van der Waals surface area contributed by atoms with Gasteiger partial charge in [0.25, 0.3) is 5.56 Å². The second kappa shape index (κ2) is 9.72. The van der Waals surface area contributed by atoms with Crippen LogP contribution in [-0.2, 0) is 4.79 Å². The third-order valence-electron chi connectivity index (χ3n) is 5.35. The number of hydrogen-bond donors (Lipinski definition) is 0. The lowest BCUT2D eigenvalue weighted by Crippen LogP contribution is -2.33. The molecule has 1 heterocycles. The molecular weight excluding hydrogens is 432 g/mol. The molecule has 164 valence electrons. The Bertz CT molecular complexity index is 1420. The van der Waals surface area contributed by atoms with Crippen LogP contribution in [0.2, 0.25) is 0 Å². The molecule has 4 rings (SSSR count). The number of nitrogens with zero attached hydrogens (tertiary/aromatic N) is 4. The molecule has 0 aliphatic rings. The molecule has 0 saturated heterocycles. The third kappa shape index (κ3) is 4.52. The minimum Gasteiger partial charge on any atom is -0.312 e. The zero-order chi connectivity index (χ0) is 23.4. The Morgan fingerprint density at radius 1 is 1.06 bits per heavy atom. The molecule has 0 spiro atoms. The first-order valence-corrected chi connectivity index (χ1v) is 11.5. The predicted molar refractivity (Wildman–Crippen MR) is 132 cm³/mol. The molecule has 0 saturated carbocycles. The third-order valence-corrected chi connectivity index (χ3v) is 6.27. The summed E-state index contributed by atoms with van der Waals surface area (Å²) >= 11 is 1.23. The molecule has 0 fully saturated rings. The average Bonchev–Trinajstić information content (AvgIpc) is 2.84. The highest BCUT2D eigenvalue weighted by Gasteiger charge is 2.19. The summed E-state index contributed by atoms with van der Waals surface area (Å²) in [5.74, 6) is 0.0639. The second-order valence-corrected chi connectivity index (χ2v) is 8.37. The molecule has 0 unspecified atom stereocenters. The maximum Gasteiger partial charge on any atom is 0.266 e. The van der Waals surface area contributed by atoms with Crippen molar-refractivity contribution in [3.05, 3.63) is 94.3 Å². The van der Waals surface area contributed by atoms with Gasteiger partial charge in [0, 0.05) is 12.2 Å². The van der Waals surface area contributed by atoms with Crippen molar-refractivity contribution in [3.63, 3.8) is 0 Å². The summed E-state index contributed by atoms with van der Waals surface area (Å²) in [5.41, 5.74) is 3.36. The minimum atomic E-state index is -0.216. The molecular formula is C26H22N4O2S. The normalized spacial score (nSPS) is 10.7. The smallest absolute Gasteiger partial charge is 0.266 e. The molecule has 33 heavy (non-hydrogen) atoms. The molecule has 4 aromatic rings. The molecule has 0 bridgehead atoms. The Morgan fingerprint density at radius 2 is 1.76 bits per heavy atom. The number of anilines is 1. The first-order valence-electron chi connectivity index (χ1n) is 10.5. The van der Waals surface area contributed by atoms with Gasteiger partial charge in [0.15, 0.2) is 5.16 Å². The summed E-state index contributed by atoms with van der Waals surface area (Å²) in [6.07, 6.45) is 0. The van der Waals surface area contributed by atoms with E-state index in [1.54, 1.807) is 47.4 Å². The van der Waals surface area contributed by atoms with Crippen molar-refractivity contribution in [2.45, 2.75) is 19.0 Å². The first kappa shape index (κ1) is 22.3. The maximum atomic E-state index is 13.4. The van der Waals surface area contributed by atoms with Crippen LogP contribution in [0.1, 0.15) is 18.1 Å². The fourth-order valence-electron chi connectivity index (χ4n) is 3.67. The highest BCUT2D eigenvalue weighted by molar-refractivity contribution is 7.99. The van der Waals surface area contributed by atoms with Gasteiger partial charge in [0.05, 0.1) is 34.0 Å². The number of carbonyl (C=O) groups excluding carboxylic acids is 1. The van der Waals surface area contributed by atoms with Crippen LogP contribution in [-0.4, -0.2) is 27.8 Å². The number of fused-ring (bicyclic) bond motifs is 1. The zero-order valence-electron chi connectivity index (χ0n) is 18.4. The average molecular weight is 455 g/mol. The van der Waals surface area contributed by atoms with Gasteiger partial charge in [-0.1, -0.05) is 42.1 Å². The SMILES string of the molecule is CCN(C(=O)CSc1nc2ccccc2c(=O)n1-c1ccc(C#N)cc1)c1ccccc1C. The van der Waals surface area contributed by atoms with Crippen molar-refractivity contribution in [2.24, 2.45) is 0 Å². The molecule has 1 aromatic heterocycles. The standard InChI is InChI=1S/C26H22N4O2S/c1-3-29(23-11-7-4-8-18(23)2)24(31)17-33-26-28-22-10-6-5-9-21(22)25(32)30(26)20-14-12-19(16-27)13-15-20/h4-15H,3,17H2,1-2H3. The molecule has 0 radical (unpaired) electrons. The Balaban J connectivity index is 1.72. The van der Waals surface area contributed by atoms with Crippen molar-refractivity contribution in [2.75, 3.05) is 17.2 Å². The van der Waals surface area contributed by atoms with Gasteiger partial charge in [0.1, 0.15) is 0 Å². The van der Waals surface area contributed by atoms with E-state index < -0.39 is 0 Å². The van der Waals surface area contributed by atoms with E-state index in [2.05, 4.69) is 6.07 Å². The van der Waals surface area contributed by atoms with E-state index in [1.807, 2.05) is 44.2 Å². The Morgan fingerprint density at radius 3 is 2.45 bits per heavy atom. The van der Waals surface area contributed by atoms with Crippen LogP contribution in [0, 0.1) is 18.3 Å². The second-order valence-electron chi connectivity index (χ2n) is 7.42. The summed E-state index contributed by atoms with van der Waals surface area (Å²) in [5, 5.41) is 10.0. The van der Waals surface area contributed by atoms with Crippen LogP contribution in [0.5, 0.6) is 0 Å². The van der Waals surface area contributed by atoms with Gasteiger partial charge < -0.3 is 4.90 Å². The van der Waals surface area contributed by atoms with Gasteiger partial charge in [0.2, 0.25) is 5.91 Å². The quantitative estimate of drug-likeness (QED) is 0.311. The van der Waals surface area contributed by atoms with Crippen molar-refractivity contribution in [1.29, 1.82) is 5.26 Å². The number of aryl methyl sites for hydroxylation is 1. The predicted octanol–water partition coefficient (Wildman–Crippen LogP) is 4.71.